The Balaban J connectivity index is 2.54. The van der Waals surface area contributed by atoms with Crippen molar-refractivity contribution in [2.75, 3.05) is 0 Å². The number of pyridine rings is 1. The Labute approximate surface area is 120 Å². The quantitative estimate of drug-likeness (QED) is 0.805. The van der Waals surface area contributed by atoms with E-state index in [1.165, 1.54) is 0 Å². The first-order chi connectivity index (χ1) is 8.63. The Morgan fingerprint density at radius 1 is 1.11 bits per heavy atom. The van der Waals surface area contributed by atoms with Gasteiger partial charge < -0.3 is 0 Å². The van der Waals surface area contributed by atoms with Gasteiger partial charge in [-0.2, -0.15) is 5.26 Å². The van der Waals surface area contributed by atoms with Crippen molar-refractivity contribution in [3.8, 4) is 6.07 Å². The monoisotopic (exact) mass is 296 g/mol. The van der Waals surface area contributed by atoms with Crippen LogP contribution in [-0.4, -0.2) is 4.98 Å². The highest BCUT2D eigenvalue weighted by Crippen LogP contribution is 2.33. The molecule has 0 aliphatic carbocycles. The third-order valence-corrected chi connectivity index (χ3v) is 3.35. The van der Waals surface area contributed by atoms with Crippen LogP contribution in [0.25, 0.3) is 0 Å². The average molecular weight is 298 g/mol. The number of nitrogens with zero attached hydrogens (tertiary/aromatic N) is 2. The van der Waals surface area contributed by atoms with Crippen LogP contribution in [0.2, 0.25) is 15.1 Å². The van der Waals surface area contributed by atoms with Crippen LogP contribution in [0.4, 0.5) is 0 Å². The number of benzene rings is 1. The van der Waals surface area contributed by atoms with Gasteiger partial charge in [0.05, 0.1) is 16.8 Å². The lowest BCUT2D eigenvalue weighted by atomic mass is 9.96. The van der Waals surface area contributed by atoms with E-state index in [1.807, 2.05) is 0 Å². The van der Waals surface area contributed by atoms with Crippen LogP contribution >= 0.6 is 34.8 Å². The number of hydrogen-bond donors (Lipinski definition) is 0. The molecular weight excluding hydrogens is 291 g/mol. The van der Waals surface area contributed by atoms with Crippen molar-refractivity contribution in [1.29, 1.82) is 5.26 Å². The van der Waals surface area contributed by atoms with Gasteiger partial charge in [0, 0.05) is 16.2 Å². The van der Waals surface area contributed by atoms with Gasteiger partial charge in [-0.15, -0.1) is 0 Å². The normalized spacial score (nSPS) is 11.9. The minimum atomic E-state index is -0.608. The first-order valence-electron chi connectivity index (χ1n) is 5.08. The Bertz CT molecular complexity index is 620. The fourth-order valence-electron chi connectivity index (χ4n) is 1.62. The molecule has 1 unspecified atom stereocenters. The topological polar surface area (TPSA) is 36.7 Å². The van der Waals surface area contributed by atoms with Crippen LogP contribution in [0, 0.1) is 11.3 Å². The summed E-state index contributed by atoms with van der Waals surface area (Å²) in [5.41, 5.74) is 1.13. The largest absolute Gasteiger partial charge is 0.258 e. The molecule has 18 heavy (non-hydrogen) atoms. The molecule has 2 aromatic rings. The molecule has 0 amide bonds. The van der Waals surface area contributed by atoms with E-state index in [1.54, 1.807) is 36.5 Å². The van der Waals surface area contributed by atoms with Gasteiger partial charge in [0.15, 0.2) is 0 Å². The molecule has 0 saturated heterocycles. The molecule has 0 bridgehead atoms. The van der Waals surface area contributed by atoms with Gasteiger partial charge in [0.2, 0.25) is 0 Å². The zero-order valence-corrected chi connectivity index (χ0v) is 11.3. The van der Waals surface area contributed by atoms with Crippen molar-refractivity contribution in [1.82, 2.24) is 4.98 Å². The van der Waals surface area contributed by atoms with Crippen LogP contribution in [0.3, 0.4) is 0 Å². The zero-order valence-electron chi connectivity index (χ0n) is 9.07. The second kappa shape index (κ2) is 5.58. The van der Waals surface area contributed by atoms with E-state index >= 15 is 0 Å². The van der Waals surface area contributed by atoms with Crippen molar-refractivity contribution >= 4 is 34.8 Å². The van der Waals surface area contributed by atoms with Crippen molar-refractivity contribution in [2.45, 2.75) is 5.92 Å². The van der Waals surface area contributed by atoms with E-state index < -0.39 is 5.92 Å². The first-order valence-corrected chi connectivity index (χ1v) is 6.22. The molecule has 2 rings (SSSR count). The summed E-state index contributed by atoms with van der Waals surface area (Å²) in [6, 6.07) is 10.6. The minimum Gasteiger partial charge on any atom is -0.258 e. The molecule has 0 radical (unpaired) electrons. The molecule has 90 valence electrons. The van der Waals surface area contributed by atoms with Gasteiger partial charge in [-0.1, -0.05) is 40.9 Å². The fraction of sp³-hybridized carbons (Fsp3) is 0.0769. The molecule has 1 aromatic heterocycles. The number of aromatic nitrogens is 1. The van der Waals surface area contributed by atoms with E-state index in [0.717, 1.165) is 0 Å². The molecule has 0 aliphatic heterocycles. The predicted octanol–water partition coefficient (Wildman–Crippen LogP) is 4.70. The maximum atomic E-state index is 9.31. The summed E-state index contributed by atoms with van der Waals surface area (Å²) >= 11 is 18.0. The van der Waals surface area contributed by atoms with E-state index in [2.05, 4.69) is 11.1 Å². The van der Waals surface area contributed by atoms with Gasteiger partial charge in [-0.25, -0.2) is 0 Å². The van der Waals surface area contributed by atoms with Gasteiger partial charge in [0.1, 0.15) is 5.92 Å². The standard InChI is InChI=1S/C13H7Cl3N2/c14-8-3-4-9(12(16)6-8)10(7-17)13-11(15)2-1-5-18-13/h1-6,10H. The summed E-state index contributed by atoms with van der Waals surface area (Å²) in [6.45, 7) is 0. The predicted molar refractivity (Wildman–Crippen MR) is 73.2 cm³/mol. The molecular formula is C13H7Cl3N2. The Morgan fingerprint density at radius 3 is 2.50 bits per heavy atom. The van der Waals surface area contributed by atoms with Crippen LogP contribution in [0.15, 0.2) is 36.5 Å². The Morgan fingerprint density at radius 2 is 1.89 bits per heavy atom. The molecule has 0 spiro atoms. The number of rotatable bonds is 2. The fourth-order valence-corrected chi connectivity index (χ4v) is 2.37. The highest BCUT2D eigenvalue weighted by molar-refractivity contribution is 6.35. The molecule has 5 heteroatoms. The van der Waals surface area contributed by atoms with Crippen LogP contribution in [0.1, 0.15) is 17.2 Å². The van der Waals surface area contributed by atoms with Gasteiger partial charge in [-0.3, -0.25) is 4.98 Å². The van der Waals surface area contributed by atoms with Crippen molar-refractivity contribution < 1.29 is 0 Å². The third-order valence-electron chi connectivity index (χ3n) is 2.46. The van der Waals surface area contributed by atoms with E-state index in [4.69, 9.17) is 34.8 Å². The molecule has 0 aliphatic rings. The SMILES string of the molecule is N#CC(c1ccc(Cl)cc1Cl)c1ncccc1Cl. The summed E-state index contributed by atoms with van der Waals surface area (Å²) in [5, 5.41) is 10.7. The Hall–Kier alpha value is -1.27. The van der Waals surface area contributed by atoms with Crippen molar-refractivity contribution in [3.63, 3.8) is 0 Å². The van der Waals surface area contributed by atoms with Gasteiger partial charge in [0.25, 0.3) is 0 Å². The lowest BCUT2D eigenvalue weighted by Crippen LogP contribution is -2.02. The number of halogens is 3. The number of hydrogen-bond acceptors (Lipinski definition) is 2. The van der Waals surface area contributed by atoms with Crippen molar-refractivity contribution in [2.24, 2.45) is 0 Å². The summed E-state index contributed by atoms with van der Waals surface area (Å²) in [5.74, 6) is -0.608. The number of nitriles is 1. The molecule has 1 atom stereocenters. The lowest BCUT2D eigenvalue weighted by molar-refractivity contribution is 0.966. The second-order valence-corrected chi connectivity index (χ2v) is 4.85. The molecule has 2 nitrogen and oxygen atoms in total. The van der Waals surface area contributed by atoms with E-state index in [-0.39, 0.29) is 0 Å². The first kappa shape index (κ1) is 13.2. The van der Waals surface area contributed by atoms with Crippen LogP contribution in [-0.2, 0) is 0 Å². The van der Waals surface area contributed by atoms with E-state index in [0.29, 0.717) is 26.3 Å². The highest BCUT2D eigenvalue weighted by atomic mass is 35.5. The lowest BCUT2D eigenvalue weighted by Gasteiger charge is -2.12. The smallest absolute Gasteiger partial charge is 0.116 e. The molecule has 0 N–H and O–H groups in total. The molecule has 0 saturated carbocycles. The maximum Gasteiger partial charge on any atom is 0.116 e. The summed E-state index contributed by atoms with van der Waals surface area (Å²) in [7, 11) is 0. The molecule has 1 heterocycles. The Kier molecular flexibility index (Phi) is 4.08. The van der Waals surface area contributed by atoms with Gasteiger partial charge >= 0.3 is 0 Å². The molecule has 1 aromatic carbocycles. The van der Waals surface area contributed by atoms with E-state index in [9.17, 15) is 5.26 Å². The van der Waals surface area contributed by atoms with Crippen LogP contribution < -0.4 is 0 Å². The van der Waals surface area contributed by atoms with Crippen molar-refractivity contribution in [3.05, 3.63) is 62.9 Å². The van der Waals surface area contributed by atoms with Crippen LogP contribution in [0.5, 0.6) is 0 Å². The minimum absolute atomic E-state index is 0.427. The highest BCUT2D eigenvalue weighted by Gasteiger charge is 2.20. The molecule has 0 fully saturated rings. The zero-order chi connectivity index (χ0) is 13.1. The van der Waals surface area contributed by atoms with Gasteiger partial charge in [-0.05, 0) is 29.8 Å². The summed E-state index contributed by atoms with van der Waals surface area (Å²) in [4.78, 5) is 4.14. The summed E-state index contributed by atoms with van der Waals surface area (Å²) in [6.07, 6.45) is 1.59. The third kappa shape index (κ3) is 2.59. The maximum absolute atomic E-state index is 9.31. The summed E-state index contributed by atoms with van der Waals surface area (Å²) < 4.78 is 0. The second-order valence-electron chi connectivity index (χ2n) is 3.60. The average Bonchev–Trinajstić information content (AvgIpc) is 2.34.